The molecule has 2 heterocycles. The minimum absolute atomic E-state index is 0.00312. The Balaban J connectivity index is 1.67. The van der Waals surface area contributed by atoms with E-state index < -0.39 is 5.97 Å². The van der Waals surface area contributed by atoms with Gasteiger partial charge in [-0.1, -0.05) is 30.3 Å². The van der Waals surface area contributed by atoms with Crippen molar-refractivity contribution in [1.82, 2.24) is 9.88 Å². The van der Waals surface area contributed by atoms with E-state index in [1.807, 2.05) is 25.1 Å². The predicted octanol–water partition coefficient (Wildman–Crippen LogP) is 3.67. The van der Waals surface area contributed by atoms with E-state index in [1.165, 1.54) is 12.7 Å². The van der Waals surface area contributed by atoms with Crippen molar-refractivity contribution in [2.75, 3.05) is 7.11 Å². The molecule has 0 saturated carbocycles. The number of nitrogens with zero attached hydrogens (tertiary/aromatic N) is 1. The number of benzene rings is 1. The van der Waals surface area contributed by atoms with Crippen molar-refractivity contribution in [3.05, 3.63) is 72.1 Å². The number of aryl methyl sites for hydroxylation is 1. The molecule has 6 heteroatoms. The lowest BCUT2D eigenvalue weighted by molar-refractivity contribution is -0.122. The van der Waals surface area contributed by atoms with E-state index in [4.69, 9.17) is 9.15 Å². The van der Waals surface area contributed by atoms with Crippen molar-refractivity contribution in [3.8, 4) is 11.5 Å². The molecule has 3 rings (SSSR count). The third-order valence-corrected chi connectivity index (χ3v) is 4.57. The van der Waals surface area contributed by atoms with Crippen LogP contribution in [0.5, 0.6) is 0 Å². The maximum atomic E-state index is 12.6. The van der Waals surface area contributed by atoms with E-state index in [9.17, 15) is 9.59 Å². The molecular weight excluding hydrogens is 356 g/mol. The van der Waals surface area contributed by atoms with Crippen LogP contribution in [0.3, 0.4) is 0 Å². The Morgan fingerprint density at radius 3 is 2.57 bits per heavy atom. The molecule has 0 spiro atoms. The van der Waals surface area contributed by atoms with Gasteiger partial charge in [0.1, 0.15) is 18.0 Å². The van der Waals surface area contributed by atoms with Gasteiger partial charge in [0.2, 0.25) is 5.91 Å². The zero-order chi connectivity index (χ0) is 19.9. The summed E-state index contributed by atoms with van der Waals surface area (Å²) in [6.45, 7) is 1.98. The Hall–Kier alpha value is -3.28. The van der Waals surface area contributed by atoms with Gasteiger partial charge in [-0.05, 0) is 49.6 Å². The molecule has 6 nitrogen and oxygen atoms in total. The number of carbonyl (C=O) groups excluding carboxylic acids is 2. The number of esters is 1. The van der Waals surface area contributed by atoms with Crippen molar-refractivity contribution >= 4 is 11.9 Å². The smallest absolute Gasteiger partial charge is 0.354 e. The molecule has 0 bridgehead atoms. The first-order chi connectivity index (χ1) is 13.6. The number of furan rings is 1. The first-order valence-corrected chi connectivity index (χ1v) is 9.23. The molecular formula is C22H24N2O4. The summed E-state index contributed by atoms with van der Waals surface area (Å²) in [6, 6.07) is 17.1. The van der Waals surface area contributed by atoms with Gasteiger partial charge in [0.15, 0.2) is 0 Å². The van der Waals surface area contributed by atoms with Gasteiger partial charge in [-0.3, -0.25) is 4.79 Å². The molecule has 0 saturated heterocycles. The maximum Gasteiger partial charge on any atom is 0.354 e. The van der Waals surface area contributed by atoms with Crippen molar-refractivity contribution in [1.29, 1.82) is 0 Å². The van der Waals surface area contributed by atoms with Crippen LogP contribution in [0.15, 0.2) is 65.3 Å². The van der Waals surface area contributed by atoms with Gasteiger partial charge < -0.3 is 19.0 Å². The lowest BCUT2D eigenvalue weighted by Crippen LogP contribution is -2.36. The molecule has 3 aromatic rings. The van der Waals surface area contributed by atoms with E-state index in [1.54, 1.807) is 35.1 Å². The van der Waals surface area contributed by atoms with E-state index in [2.05, 4.69) is 17.4 Å². The summed E-state index contributed by atoms with van der Waals surface area (Å²) in [5.41, 5.74) is 2.19. The summed E-state index contributed by atoms with van der Waals surface area (Å²) in [6.07, 6.45) is 3.27. The highest BCUT2D eigenvalue weighted by molar-refractivity contribution is 5.90. The summed E-state index contributed by atoms with van der Waals surface area (Å²) >= 11 is 0. The minimum atomic E-state index is -0.497. The van der Waals surface area contributed by atoms with Gasteiger partial charge in [0, 0.05) is 6.04 Å². The second-order valence-corrected chi connectivity index (χ2v) is 6.65. The highest BCUT2D eigenvalue weighted by Crippen LogP contribution is 2.23. The summed E-state index contributed by atoms with van der Waals surface area (Å²) in [5.74, 6) is -0.0856. The van der Waals surface area contributed by atoms with Crippen LogP contribution in [0.4, 0.5) is 0 Å². The molecule has 0 radical (unpaired) electrons. The molecule has 0 aliphatic carbocycles. The molecule has 1 unspecified atom stereocenters. The molecule has 0 aliphatic rings. The van der Waals surface area contributed by atoms with Crippen LogP contribution in [-0.2, 0) is 22.5 Å². The molecule has 1 N–H and O–H groups in total. The number of amides is 1. The first kappa shape index (κ1) is 19.5. The Bertz CT molecular complexity index is 913. The van der Waals surface area contributed by atoms with E-state index >= 15 is 0 Å². The van der Waals surface area contributed by atoms with Gasteiger partial charge >= 0.3 is 5.97 Å². The average molecular weight is 380 g/mol. The topological polar surface area (TPSA) is 73.5 Å². The first-order valence-electron chi connectivity index (χ1n) is 9.23. The maximum absolute atomic E-state index is 12.6. The molecule has 1 atom stereocenters. The van der Waals surface area contributed by atoms with Crippen LogP contribution >= 0.6 is 0 Å². The van der Waals surface area contributed by atoms with Gasteiger partial charge in [0.05, 0.1) is 19.1 Å². The van der Waals surface area contributed by atoms with E-state index in [0.29, 0.717) is 17.1 Å². The number of hydrogen-bond acceptors (Lipinski definition) is 4. The second kappa shape index (κ2) is 9.08. The molecule has 1 aromatic carbocycles. The lowest BCUT2D eigenvalue weighted by atomic mass is 10.1. The van der Waals surface area contributed by atoms with E-state index in [-0.39, 0.29) is 18.5 Å². The molecule has 28 heavy (non-hydrogen) atoms. The SMILES string of the molecule is COC(=O)c1ccc(-c2ccco2)n1CC(=O)NC(C)CCc1ccccc1. The third kappa shape index (κ3) is 4.71. The largest absolute Gasteiger partial charge is 0.464 e. The highest BCUT2D eigenvalue weighted by atomic mass is 16.5. The standard InChI is InChI=1S/C22H24N2O4/c1-16(10-11-17-7-4-3-5-8-17)23-21(25)15-24-18(20-9-6-14-28-20)12-13-19(24)22(26)27-2/h3-9,12-14,16H,10-11,15H2,1-2H3,(H,23,25). The zero-order valence-corrected chi connectivity index (χ0v) is 16.1. The average Bonchev–Trinajstić information content (AvgIpc) is 3.36. The highest BCUT2D eigenvalue weighted by Gasteiger charge is 2.20. The quantitative estimate of drug-likeness (QED) is 0.605. The number of aromatic nitrogens is 1. The van der Waals surface area contributed by atoms with Crippen molar-refractivity contribution in [2.45, 2.75) is 32.4 Å². The number of methoxy groups -OCH3 is 1. The van der Waals surface area contributed by atoms with Crippen LogP contribution in [0.25, 0.3) is 11.5 Å². The summed E-state index contributed by atoms with van der Waals surface area (Å²) in [4.78, 5) is 24.7. The Labute approximate surface area is 164 Å². The second-order valence-electron chi connectivity index (χ2n) is 6.65. The van der Waals surface area contributed by atoms with Gasteiger partial charge in [-0.2, -0.15) is 0 Å². The van der Waals surface area contributed by atoms with Crippen molar-refractivity contribution < 1.29 is 18.7 Å². The number of nitrogens with one attached hydrogen (secondary N) is 1. The van der Waals surface area contributed by atoms with Gasteiger partial charge in [-0.15, -0.1) is 0 Å². The fourth-order valence-electron chi connectivity index (χ4n) is 3.12. The third-order valence-electron chi connectivity index (χ3n) is 4.57. The number of ether oxygens (including phenoxy) is 1. The minimum Gasteiger partial charge on any atom is -0.464 e. The normalized spacial score (nSPS) is 11.8. The van der Waals surface area contributed by atoms with Crippen LogP contribution in [0.1, 0.15) is 29.4 Å². The lowest BCUT2D eigenvalue weighted by Gasteiger charge is -2.16. The Morgan fingerprint density at radius 1 is 1.11 bits per heavy atom. The molecule has 2 aromatic heterocycles. The molecule has 0 fully saturated rings. The van der Waals surface area contributed by atoms with Crippen LogP contribution in [-0.4, -0.2) is 29.6 Å². The van der Waals surface area contributed by atoms with Gasteiger partial charge in [-0.25, -0.2) is 4.79 Å². The van der Waals surface area contributed by atoms with Gasteiger partial charge in [0.25, 0.3) is 0 Å². The summed E-state index contributed by atoms with van der Waals surface area (Å²) in [5, 5.41) is 3.00. The Kier molecular flexibility index (Phi) is 6.32. The number of rotatable bonds is 8. The fraction of sp³-hybridized carbons (Fsp3) is 0.273. The van der Waals surface area contributed by atoms with Crippen LogP contribution < -0.4 is 5.32 Å². The van der Waals surface area contributed by atoms with Crippen LogP contribution in [0.2, 0.25) is 0 Å². The zero-order valence-electron chi connectivity index (χ0n) is 16.1. The molecule has 0 aliphatic heterocycles. The predicted molar refractivity (Wildman–Crippen MR) is 106 cm³/mol. The van der Waals surface area contributed by atoms with Crippen LogP contribution in [0, 0.1) is 0 Å². The summed E-state index contributed by atoms with van der Waals surface area (Å²) in [7, 11) is 1.32. The Morgan fingerprint density at radius 2 is 1.89 bits per heavy atom. The molecule has 146 valence electrons. The van der Waals surface area contributed by atoms with E-state index in [0.717, 1.165) is 12.8 Å². The monoisotopic (exact) mass is 380 g/mol. The molecule has 1 amide bonds. The van der Waals surface area contributed by atoms with Crippen molar-refractivity contribution in [3.63, 3.8) is 0 Å². The summed E-state index contributed by atoms with van der Waals surface area (Å²) < 4.78 is 11.9. The van der Waals surface area contributed by atoms with Crippen molar-refractivity contribution in [2.24, 2.45) is 0 Å². The number of carbonyl (C=O) groups is 2. The number of hydrogen-bond donors (Lipinski definition) is 1. The fourth-order valence-corrected chi connectivity index (χ4v) is 3.12.